The number of hydrogen-bond donors (Lipinski definition) is 1. The second-order valence-electron chi connectivity index (χ2n) is 9.74. The molecule has 2 aromatic heterocycles. The normalized spacial score (nSPS) is 16.9. The molecule has 0 saturated carbocycles. The Morgan fingerprint density at radius 3 is 2.67 bits per heavy atom. The molecule has 12 heteroatoms. The van der Waals surface area contributed by atoms with Gasteiger partial charge < -0.3 is 20.1 Å². The average molecular weight is 577 g/mol. The van der Waals surface area contributed by atoms with Crippen molar-refractivity contribution in [3.63, 3.8) is 0 Å². The largest absolute Gasteiger partial charge is 0.489 e. The fourth-order valence-corrected chi connectivity index (χ4v) is 5.47. The van der Waals surface area contributed by atoms with E-state index in [4.69, 9.17) is 38.4 Å². The number of ether oxygens (including phenoxy) is 2. The lowest BCUT2D eigenvalue weighted by Gasteiger charge is -2.34. The zero-order valence-corrected chi connectivity index (χ0v) is 23.0. The molecule has 4 heterocycles. The number of nitrogens with two attached hydrogens (primary N) is 1. The van der Waals surface area contributed by atoms with E-state index in [1.54, 1.807) is 12.4 Å². The zero-order chi connectivity index (χ0) is 27.4. The first-order chi connectivity index (χ1) is 18.9. The molecule has 0 atom stereocenters. The van der Waals surface area contributed by atoms with Crippen LogP contribution < -0.4 is 10.5 Å². The molecule has 0 unspecified atom stereocenters. The summed E-state index contributed by atoms with van der Waals surface area (Å²) in [5.41, 5.74) is 8.22. The number of likely N-dealkylation sites (tertiary alicyclic amines) is 1. The number of benzene rings is 1. The molecule has 39 heavy (non-hydrogen) atoms. The van der Waals surface area contributed by atoms with Gasteiger partial charge in [-0.25, -0.2) is 9.37 Å². The summed E-state index contributed by atoms with van der Waals surface area (Å²) in [6.45, 7) is 5.06. The van der Waals surface area contributed by atoms with Gasteiger partial charge in [-0.15, -0.1) is 0 Å². The second-order valence-corrected chi connectivity index (χ2v) is 10.5. The van der Waals surface area contributed by atoms with Crippen LogP contribution in [0.15, 0.2) is 36.8 Å². The first-order valence-electron chi connectivity index (χ1n) is 13.0. The van der Waals surface area contributed by atoms with Gasteiger partial charge in [-0.05, 0) is 36.6 Å². The highest BCUT2D eigenvalue weighted by Crippen LogP contribution is 2.31. The summed E-state index contributed by atoms with van der Waals surface area (Å²) < 4.78 is 27.0. The number of pyridine rings is 1. The van der Waals surface area contributed by atoms with E-state index in [0.29, 0.717) is 55.6 Å². The summed E-state index contributed by atoms with van der Waals surface area (Å²) in [4.78, 5) is 21.1. The Hall–Kier alpha value is -2.92. The molecule has 1 amide bonds. The number of amides is 1. The van der Waals surface area contributed by atoms with E-state index in [1.165, 1.54) is 12.1 Å². The molecular weight excluding hydrogens is 546 g/mol. The number of nitrogen functional groups attached to an aromatic ring is 1. The maximum absolute atomic E-state index is 13.8. The number of carbonyl (C=O) groups excluding carboxylic acids is 1. The van der Waals surface area contributed by atoms with Crippen LogP contribution in [-0.4, -0.2) is 83.0 Å². The predicted octanol–water partition coefficient (Wildman–Crippen LogP) is 4.09. The number of aromatic nitrogens is 3. The Labute approximate surface area is 236 Å². The molecule has 2 fully saturated rings. The van der Waals surface area contributed by atoms with Crippen molar-refractivity contribution in [1.82, 2.24) is 24.6 Å². The first-order valence-corrected chi connectivity index (χ1v) is 13.8. The zero-order valence-electron chi connectivity index (χ0n) is 21.5. The van der Waals surface area contributed by atoms with Gasteiger partial charge in [0.05, 0.1) is 43.6 Å². The molecule has 2 aliphatic rings. The molecule has 0 aliphatic carbocycles. The van der Waals surface area contributed by atoms with E-state index < -0.39 is 5.82 Å². The van der Waals surface area contributed by atoms with Gasteiger partial charge in [0, 0.05) is 61.1 Å². The molecule has 2 aliphatic heterocycles. The predicted molar refractivity (Wildman–Crippen MR) is 148 cm³/mol. The van der Waals surface area contributed by atoms with Crippen molar-refractivity contribution in [1.29, 1.82) is 0 Å². The number of anilines is 1. The molecule has 0 radical (unpaired) electrons. The molecule has 5 rings (SSSR count). The molecule has 208 valence electrons. The fourth-order valence-electron chi connectivity index (χ4n) is 4.91. The first kappa shape index (κ1) is 27.6. The number of nitrogens with zero attached hydrogens (tertiary/aromatic N) is 5. The van der Waals surface area contributed by atoms with Crippen LogP contribution in [0.2, 0.25) is 10.0 Å². The minimum atomic E-state index is -0.526. The van der Waals surface area contributed by atoms with Crippen molar-refractivity contribution in [3.8, 4) is 16.9 Å². The molecule has 0 spiro atoms. The van der Waals surface area contributed by atoms with Crippen molar-refractivity contribution >= 4 is 34.9 Å². The van der Waals surface area contributed by atoms with Gasteiger partial charge in [0.15, 0.2) is 11.6 Å². The van der Waals surface area contributed by atoms with Crippen LogP contribution in [0.4, 0.5) is 10.2 Å². The van der Waals surface area contributed by atoms with Crippen molar-refractivity contribution in [2.24, 2.45) is 0 Å². The molecule has 2 N–H and O–H groups in total. The number of rotatable bonds is 8. The number of piperidine rings is 1. The van der Waals surface area contributed by atoms with E-state index >= 15 is 0 Å². The summed E-state index contributed by atoms with van der Waals surface area (Å²) in [7, 11) is 0. The highest BCUT2D eigenvalue weighted by atomic mass is 35.5. The lowest BCUT2D eigenvalue weighted by atomic mass is 10.0. The third-order valence-corrected chi connectivity index (χ3v) is 7.98. The van der Waals surface area contributed by atoms with Gasteiger partial charge in [0.25, 0.3) is 0 Å². The SMILES string of the molecule is Nc1ncc(-c2cnn(C3CCN(C(=O)CN4CCOCC4)CC3)c2)cc1OCCc1c(Cl)ccc(F)c1Cl. The van der Waals surface area contributed by atoms with Crippen molar-refractivity contribution in [2.75, 3.05) is 58.3 Å². The summed E-state index contributed by atoms with van der Waals surface area (Å²) in [5.74, 6) is 0.313. The van der Waals surface area contributed by atoms with E-state index in [1.807, 2.05) is 21.8 Å². The van der Waals surface area contributed by atoms with Crippen LogP contribution in [0.5, 0.6) is 5.75 Å². The smallest absolute Gasteiger partial charge is 0.236 e. The lowest BCUT2D eigenvalue weighted by molar-refractivity contribution is -0.134. The van der Waals surface area contributed by atoms with Gasteiger partial charge in [-0.1, -0.05) is 23.2 Å². The Kier molecular flexibility index (Phi) is 8.86. The summed E-state index contributed by atoms with van der Waals surface area (Å²) in [5, 5.41) is 4.96. The lowest BCUT2D eigenvalue weighted by Crippen LogP contribution is -2.47. The summed E-state index contributed by atoms with van der Waals surface area (Å²) >= 11 is 12.2. The number of halogens is 3. The third-order valence-electron chi connectivity index (χ3n) is 7.22. The number of morpholine rings is 1. The van der Waals surface area contributed by atoms with Crippen molar-refractivity contribution in [2.45, 2.75) is 25.3 Å². The number of carbonyl (C=O) groups is 1. The van der Waals surface area contributed by atoms with Gasteiger partial charge in [-0.2, -0.15) is 5.10 Å². The van der Waals surface area contributed by atoms with E-state index in [-0.39, 0.29) is 29.4 Å². The standard InChI is InChI=1S/C27H31Cl2FN6O3/c28-22-1-2-23(30)26(29)21(22)5-10-39-24-13-18(14-32-27(24)31)19-15-33-36(16-19)20-3-6-35(7-4-20)25(37)17-34-8-11-38-12-9-34/h1-2,13-16,20H,3-12,17H2,(H2,31,32). The Morgan fingerprint density at radius 2 is 1.90 bits per heavy atom. The molecule has 1 aromatic carbocycles. The Balaban J connectivity index is 1.17. The van der Waals surface area contributed by atoms with Gasteiger partial charge in [0.2, 0.25) is 5.91 Å². The molecule has 2 saturated heterocycles. The van der Waals surface area contributed by atoms with Crippen LogP contribution in [0.25, 0.3) is 11.1 Å². The van der Waals surface area contributed by atoms with Gasteiger partial charge in [0.1, 0.15) is 5.82 Å². The fraction of sp³-hybridized carbons (Fsp3) is 0.444. The average Bonchev–Trinajstić information content (AvgIpc) is 3.45. The Morgan fingerprint density at radius 1 is 1.13 bits per heavy atom. The highest BCUT2D eigenvalue weighted by molar-refractivity contribution is 6.36. The third kappa shape index (κ3) is 6.63. The maximum atomic E-state index is 13.8. The summed E-state index contributed by atoms with van der Waals surface area (Å²) in [6.07, 6.45) is 7.45. The van der Waals surface area contributed by atoms with E-state index in [0.717, 1.165) is 37.1 Å². The van der Waals surface area contributed by atoms with Crippen molar-refractivity contribution < 1.29 is 18.7 Å². The minimum Gasteiger partial charge on any atom is -0.489 e. The van der Waals surface area contributed by atoms with Crippen LogP contribution in [0.3, 0.4) is 0 Å². The highest BCUT2D eigenvalue weighted by Gasteiger charge is 2.26. The number of hydrogen-bond acceptors (Lipinski definition) is 7. The van der Waals surface area contributed by atoms with Crippen molar-refractivity contribution in [3.05, 3.63) is 58.2 Å². The quantitative estimate of drug-likeness (QED) is 0.403. The van der Waals surface area contributed by atoms with Crippen LogP contribution >= 0.6 is 23.2 Å². The van der Waals surface area contributed by atoms with Crippen LogP contribution in [0, 0.1) is 5.82 Å². The van der Waals surface area contributed by atoms with Crippen LogP contribution in [0.1, 0.15) is 24.4 Å². The topological polar surface area (TPSA) is 98.7 Å². The minimum absolute atomic E-state index is 0.00865. The molecule has 9 nitrogen and oxygen atoms in total. The van der Waals surface area contributed by atoms with Crippen LogP contribution in [-0.2, 0) is 16.0 Å². The molecule has 0 bridgehead atoms. The monoisotopic (exact) mass is 576 g/mol. The van der Waals surface area contributed by atoms with Gasteiger partial charge >= 0.3 is 0 Å². The summed E-state index contributed by atoms with van der Waals surface area (Å²) in [6, 6.07) is 4.73. The Bertz CT molecular complexity index is 1310. The molecular formula is C27H31Cl2FN6O3. The second kappa shape index (κ2) is 12.5. The molecule has 3 aromatic rings. The van der Waals surface area contributed by atoms with Gasteiger partial charge in [-0.3, -0.25) is 14.4 Å². The van der Waals surface area contributed by atoms with E-state index in [2.05, 4.69) is 15.0 Å². The van der Waals surface area contributed by atoms with E-state index in [9.17, 15) is 9.18 Å². The maximum Gasteiger partial charge on any atom is 0.236 e.